The average molecular weight is 472 g/mol. The number of carbonyl (C=O) groups excluding carboxylic acids is 1. The third kappa shape index (κ3) is 3.04. The molecule has 3 atom stereocenters. The number of nitriles is 2. The summed E-state index contributed by atoms with van der Waals surface area (Å²) in [6.07, 6.45) is 3.50. The first-order valence-electron chi connectivity index (χ1n) is 10.5. The first-order chi connectivity index (χ1) is 16.4. The minimum absolute atomic E-state index is 0.0221. The Balaban J connectivity index is 1.83. The topological polar surface area (TPSA) is 67.9 Å². The van der Waals surface area contributed by atoms with Gasteiger partial charge in [0, 0.05) is 21.8 Å². The number of hydrogen-bond acceptors (Lipinski definition) is 4. The lowest BCUT2D eigenvalue weighted by molar-refractivity contribution is 0.0950. The Bertz CT molecular complexity index is 1390. The predicted molar refractivity (Wildman–Crippen MR) is 124 cm³/mol. The molecule has 2 aliphatic heterocycles. The maximum absolute atomic E-state index is 15.3. The standard InChI is InChI=1S/C27H16ClF2N3O/c28-19-5-3-6-20(30)23(19)24-25(26(34)17-8-11-18(29)12-9-17)33-21-7-2-1-4-16(21)10-13-22(33)27(24,14-31)15-32/h1-13,22,24-25H/t22-,24+,25+/m1/s1. The summed E-state index contributed by atoms with van der Waals surface area (Å²) in [5.41, 5.74) is -0.272. The van der Waals surface area contributed by atoms with Crippen molar-refractivity contribution in [3.05, 3.63) is 106 Å². The van der Waals surface area contributed by atoms with Crippen LogP contribution in [0.1, 0.15) is 27.4 Å². The molecule has 0 N–H and O–H groups in total. The molecule has 3 aromatic carbocycles. The lowest BCUT2D eigenvalue weighted by atomic mass is 9.69. The van der Waals surface area contributed by atoms with Gasteiger partial charge in [-0.05, 0) is 48.0 Å². The van der Waals surface area contributed by atoms with Gasteiger partial charge < -0.3 is 4.90 Å². The number of anilines is 1. The van der Waals surface area contributed by atoms with Crippen LogP contribution in [0.15, 0.2) is 72.8 Å². The van der Waals surface area contributed by atoms with Crippen molar-refractivity contribution in [2.24, 2.45) is 5.41 Å². The molecule has 1 saturated heterocycles. The van der Waals surface area contributed by atoms with E-state index in [0.717, 1.165) is 17.7 Å². The molecule has 0 amide bonds. The van der Waals surface area contributed by atoms with Crippen LogP contribution >= 0.6 is 11.6 Å². The second-order valence-corrected chi connectivity index (χ2v) is 8.70. The van der Waals surface area contributed by atoms with Gasteiger partial charge in [0.05, 0.1) is 24.1 Å². The van der Waals surface area contributed by atoms with Crippen molar-refractivity contribution in [1.82, 2.24) is 0 Å². The summed E-state index contributed by atoms with van der Waals surface area (Å²) >= 11 is 6.43. The molecule has 4 nitrogen and oxygen atoms in total. The van der Waals surface area contributed by atoms with Crippen molar-refractivity contribution < 1.29 is 13.6 Å². The van der Waals surface area contributed by atoms with E-state index in [1.807, 2.05) is 12.1 Å². The van der Waals surface area contributed by atoms with Gasteiger partial charge in [0.2, 0.25) is 0 Å². The number of para-hydroxylation sites is 1. The predicted octanol–water partition coefficient (Wildman–Crippen LogP) is 5.90. The summed E-state index contributed by atoms with van der Waals surface area (Å²) in [6.45, 7) is 0. The highest BCUT2D eigenvalue weighted by atomic mass is 35.5. The monoisotopic (exact) mass is 471 g/mol. The maximum Gasteiger partial charge on any atom is 0.185 e. The molecular formula is C27H16ClF2N3O. The van der Waals surface area contributed by atoms with E-state index in [1.165, 1.54) is 30.3 Å². The SMILES string of the molecule is N#CC1(C#N)[C@@H](c2c(F)cccc2Cl)[C@@H](C(=O)c2ccc(F)cc2)N2c3ccccc3C=C[C@@H]21. The highest BCUT2D eigenvalue weighted by Crippen LogP contribution is 2.56. The van der Waals surface area contributed by atoms with E-state index >= 15 is 4.39 Å². The number of rotatable bonds is 3. The molecule has 3 aromatic rings. The van der Waals surface area contributed by atoms with Gasteiger partial charge in [-0.15, -0.1) is 0 Å². The van der Waals surface area contributed by atoms with Gasteiger partial charge in [-0.2, -0.15) is 10.5 Å². The van der Waals surface area contributed by atoms with Gasteiger partial charge in [-0.25, -0.2) is 8.78 Å². The molecule has 0 aliphatic carbocycles. The average Bonchev–Trinajstić information content (AvgIpc) is 3.14. The molecule has 0 unspecified atom stereocenters. The van der Waals surface area contributed by atoms with Crippen molar-refractivity contribution in [2.45, 2.75) is 18.0 Å². The minimum Gasteiger partial charge on any atom is -0.351 e. The molecule has 0 aromatic heterocycles. The van der Waals surface area contributed by atoms with Crippen molar-refractivity contribution in [3.63, 3.8) is 0 Å². The Hall–Kier alpha value is -4.00. The van der Waals surface area contributed by atoms with Crippen molar-refractivity contribution in [2.75, 3.05) is 4.90 Å². The van der Waals surface area contributed by atoms with Crippen LogP contribution < -0.4 is 4.90 Å². The van der Waals surface area contributed by atoms with Gasteiger partial charge in [0.25, 0.3) is 0 Å². The summed E-state index contributed by atoms with van der Waals surface area (Å²) in [4.78, 5) is 15.7. The molecule has 1 fully saturated rings. The number of ketones is 1. The third-order valence-corrected chi connectivity index (χ3v) is 6.95. The van der Waals surface area contributed by atoms with Gasteiger partial charge in [-0.3, -0.25) is 4.79 Å². The van der Waals surface area contributed by atoms with E-state index in [-0.39, 0.29) is 16.1 Å². The van der Waals surface area contributed by atoms with Crippen LogP contribution in [0.5, 0.6) is 0 Å². The fourth-order valence-electron chi connectivity index (χ4n) is 5.14. The largest absolute Gasteiger partial charge is 0.351 e. The fraction of sp³-hybridized carbons (Fsp3) is 0.148. The van der Waals surface area contributed by atoms with Crippen LogP contribution in [0, 0.1) is 39.7 Å². The van der Waals surface area contributed by atoms with Crippen molar-refractivity contribution >= 4 is 29.1 Å². The number of Topliss-reactive ketones (excluding diaryl/α,β-unsaturated/α-hetero) is 1. The Labute approximate surface area is 199 Å². The summed E-state index contributed by atoms with van der Waals surface area (Å²) in [7, 11) is 0. The molecule has 7 heteroatoms. The molecule has 5 rings (SSSR count). The molecule has 0 radical (unpaired) electrons. The van der Waals surface area contributed by atoms with E-state index in [1.54, 1.807) is 29.2 Å². The number of benzene rings is 3. The normalized spacial score (nSPS) is 21.8. The summed E-state index contributed by atoms with van der Waals surface area (Å²) in [6, 6.07) is 18.6. The zero-order valence-electron chi connectivity index (χ0n) is 17.6. The van der Waals surface area contributed by atoms with E-state index in [9.17, 15) is 19.7 Å². The Morgan fingerprint density at radius 2 is 1.68 bits per heavy atom. The Kier molecular flexibility index (Phi) is 5.20. The number of fused-ring (bicyclic) bond motifs is 3. The number of halogens is 3. The summed E-state index contributed by atoms with van der Waals surface area (Å²) in [5.74, 6) is -2.90. The smallest absolute Gasteiger partial charge is 0.185 e. The van der Waals surface area contributed by atoms with E-state index in [0.29, 0.717) is 5.69 Å². The molecule has 0 spiro atoms. The minimum atomic E-state index is -1.82. The lowest BCUT2D eigenvalue weighted by Gasteiger charge is -2.35. The molecule has 2 aliphatic rings. The van der Waals surface area contributed by atoms with E-state index in [4.69, 9.17) is 11.6 Å². The van der Waals surface area contributed by atoms with Gasteiger partial charge in [0.1, 0.15) is 17.7 Å². The van der Waals surface area contributed by atoms with Gasteiger partial charge >= 0.3 is 0 Å². The highest BCUT2D eigenvalue weighted by molar-refractivity contribution is 6.31. The first-order valence-corrected chi connectivity index (χ1v) is 10.9. The molecule has 166 valence electrons. The molecule has 2 heterocycles. The zero-order valence-corrected chi connectivity index (χ0v) is 18.4. The van der Waals surface area contributed by atoms with Gasteiger partial charge in [-0.1, -0.05) is 48.0 Å². The second-order valence-electron chi connectivity index (χ2n) is 8.29. The van der Waals surface area contributed by atoms with E-state index < -0.39 is 40.8 Å². The van der Waals surface area contributed by atoms with Crippen LogP contribution in [0.3, 0.4) is 0 Å². The number of carbonyl (C=O) groups is 1. The lowest BCUT2D eigenvalue weighted by Crippen LogP contribution is -2.44. The second kappa shape index (κ2) is 8.09. The summed E-state index contributed by atoms with van der Waals surface area (Å²) < 4.78 is 28.9. The van der Waals surface area contributed by atoms with Crippen LogP contribution in [-0.2, 0) is 0 Å². The number of nitrogens with zero attached hydrogens (tertiary/aromatic N) is 3. The number of hydrogen-bond donors (Lipinski definition) is 0. The molecule has 0 bridgehead atoms. The fourth-order valence-corrected chi connectivity index (χ4v) is 5.42. The van der Waals surface area contributed by atoms with Crippen LogP contribution in [0.25, 0.3) is 6.08 Å². The molecule has 0 saturated carbocycles. The first kappa shape index (κ1) is 21.8. The zero-order chi connectivity index (χ0) is 24.0. The Morgan fingerprint density at radius 1 is 0.971 bits per heavy atom. The summed E-state index contributed by atoms with van der Waals surface area (Å²) in [5, 5.41) is 20.8. The van der Waals surface area contributed by atoms with E-state index in [2.05, 4.69) is 12.1 Å². The third-order valence-electron chi connectivity index (χ3n) is 6.62. The quantitative estimate of drug-likeness (QED) is 0.446. The molecular weight excluding hydrogens is 456 g/mol. The maximum atomic E-state index is 15.3. The van der Waals surface area contributed by atoms with Crippen LogP contribution in [-0.4, -0.2) is 17.9 Å². The molecule has 34 heavy (non-hydrogen) atoms. The van der Waals surface area contributed by atoms with Crippen LogP contribution in [0.4, 0.5) is 14.5 Å². The van der Waals surface area contributed by atoms with Crippen molar-refractivity contribution in [1.29, 1.82) is 10.5 Å². The van der Waals surface area contributed by atoms with Gasteiger partial charge in [0.15, 0.2) is 11.2 Å². The van der Waals surface area contributed by atoms with Crippen LogP contribution in [0.2, 0.25) is 5.02 Å². The highest BCUT2D eigenvalue weighted by Gasteiger charge is 2.64. The van der Waals surface area contributed by atoms with Crippen molar-refractivity contribution in [3.8, 4) is 12.1 Å². The Morgan fingerprint density at radius 3 is 2.35 bits per heavy atom.